The molecule has 0 aromatic carbocycles. The van der Waals surface area contributed by atoms with E-state index in [0.29, 0.717) is 6.04 Å². The molecule has 1 saturated heterocycles. The van der Waals surface area contributed by atoms with Crippen molar-refractivity contribution in [2.45, 2.75) is 52.6 Å². The summed E-state index contributed by atoms with van der Waals surface area (Å²) in [5, 5.41) is 9.16. The van der Waals surface area contributed by atoms with Crippen LogP contribution in [0.4, 0.5) is 0 Å². The lowest BCUT2D eigenvalue weighted by atomic mass is 9.81. The molecule has 0 amide bonds. The Morgan fingerprint density at radius 1 is 1.47 bits per heavy atom. The minimum atomic E-state index is -0.100. The Morgan fingerprint density at radius 3 is 2.68 bits per heavy atom. The maximum Gasteiger partial charge on any atom is 0.105 e. The minimum Gasteiger partial charge on any atom is -0.335 e. The molecule has 1 aromatic heterocycles. The summed E-state index contributed by atoms with van der Waals surface area (Å²) in [6.07, 6.45) is 7.04. The number of nitriles is 1. The van der Waals surface area contributed by atoms with E-state index in [1.807, 2.05) is 19.3 Å². The topological polar surface area (TPSA) is 44.9 Å². The van der Waals surface area contributed by atoms with Crippen molar-refractivity contribution >= 4 is 0 Å². The standard InChI is InChI=1S/C15H24N4/c1-13(4-8-19-11-7-17-14(19)2)18-9-5-15(3,12-16)6-10-18/h7,11,13H,4-6,8-10H2,1-3H3. The largest absolute Gasteiger partial charge is 0.335 e. The average Bonchev–Trinajstić information content (AvgIpc) is 2.82. The van der Waals surface area contributed by atoms with E-state index in [4.69, 9.17) is 5.26 Å². The van der Waals surface area contributed by atoms with Gasteiger partial charge in [0.05, 0.1) is 11.5 Å². The third kappa shape index (κ3) is 3.36. The quantitative estimate of drug-likeness (QED) is 0.836. The zero-order chi connectivity index (χ0) is 13.9. The zero-order valence-electron chi connectivity index (χ0n) is 12.3. The first-order chi connectivity index (χ1) is 9.04. The number of likely N-dealkylation sites (tertiary alicyclic amines) is 1. The van der Waals surface area contributed by atoms with E-state index in [9.17, 15) is 0 Å². The number of aromatic nitrogens is 2. The van der Waals surface area contributed by atoms with Crippen LogP contribution in [-0.4, -0.2) is 33.6 Å². The second-order valence-electron chi connectivity index (χ2n) is 6.01. The molecule has 0 radical (unpaired) electrons. The molecular formula is C15H24N4. The van der Waals surface area contributed by atoms with Crippen molar-refractivity contribution in [3.63, 3.8) is 0 Å². The molecule has 0 spiro atoms. The van der Waals surface area contributed by atoms with Gasteiger partial charge in [0.1, 0.15) is 5.82 Å². The second-order valence-corrected chi connectivity index (χ2v) is 6.01. The normalized spacial score (nSPS) is 20.9. The third-order valence-corrected chi connectivity index (χ3v) is 4.51. The van der Waals surface area contributed by atoms with Gasteiger partial charge in [0.2, 0.25) is 0 Å². The van der Waals surface area contributed by atoms with Crippen LogP contribution >= 0.6 is 0 Å². The predicted octanol–water partition coefficient (Wildman–Crippen LogP) is 2.60. The highest BCUT2D eigenvalue weighted by molar-refractivity contribution is 4.99. The maximum absolute atomic E-state index is 9.16. The smallest absolute Gasteiger partial charge is 0.105 e. The van der Waals surface area contributed by atoms with Crippen LogP contribution in [0.1, 0.15) is 38.9 Å². The van der Waals surface area contributed by atoms with Crippen molar-refractivity contribution in [1.29, 1.82) is 5.26 Å². The molecule has 1 atom stereocenters. The first-order valence-electron chi connectivity index (χ1n) is 7.17. The number of hydrogen-bond donors (Lipinski definition) is 0. The number of imidazole rings is 1. The van der Waals surface area contributed by atoms with E-state index in [1.165, 1.54) is 0 Å². The van der Waals surface area contributed by atoms with Crippen LogP contribution in [0.5, 0.6) is 0 Å². The number of nitrogens with zero attached hydrogens (tertiary/aromatic N) is 4. The molecule has 19 heavy (non-hydrogen) atoms. The first kappa shape index (κ1) is 14.1. The number of piperidine rings is 1. The van der Waals surface area contributed by atoms with Gasteiger partial charge in [-0.25, -0.2) is 4.98 Å². The highest BCUT2D eigenvalue weighted by Gasteiger charge is 2.31. The molecule has 104 valence electrons. The van der Waals surface area contributed by atoms with Gasteiger partial charge in [0.25, 0.3) is 0 Å². The van der Waals surface area contributed by atoms with Crippen molar-refractivity contribution in [3.05, 3.63) is 18.2 Å². The van der Waals surface area contributed by atoms with E-state index in [-0.39, 0.29) is 5.41 Å². The molecule has 1 aromatic rings. The number of hydrogen-bond acceptors (Lipinski definition) is 3. The van der Waals surface area contributed by atoms with Crippen LogP contribution in [-0.2, 0) is 6.54 Å². The average molecular weight is 260 g/mol. The molecule has 2 rings (SSSR count). The van der Waals surface area contributed by atoms with Crippen molar-refractivity contribution in [2.24, 2.45) is 5.41 Å². The summed E-state index contributed by atoms with van der Waals surface area (Å²) in [6.45, 7) is 9.55. The van der Waals surface area contributed by atoms with Crippen LogP contribution in [0.25, 0.3) is 0 Å². The van der Waals surface area contributed by atoms with E-state index in [2.05, 4.69) is 34.4 Å². The van der Waals surface area contributed by atoms with Crippen molar-refractivity contribution in [3.8, 4) is 6.07 Å². The lowest BCUT2D eigenvalue weighted by Gasteiger charge is -2.38. The van der Waals surface area contributed by atoms with Gasteiger partial charge in [0, 0.05) is 25.0 Å². The Balaban J connectivity index is 1.80. The monoisotopic (exact) mass is 260 g/mol. The van der Waals surface area contributed by atoms with Crippen LogP contribution in [0, 0.1) is 23.7 Å². The third-order valence-electron chi connectivity index (χ3n) is 4.51. The lowest BCUT2D eigenvalue weighted by Crippen LogP contribution is -2.43. The van der Waals surface area contributed by atoms with Crippen LogP contribution in [0.15, 0.2) is 12.4 Å². The highest BCUT2D eigenvalue weighted by Crippen LogP contribution is 2.30. The lowest BCUT2D eigenvalue weighted by molar-refractivity contribution is 0.112. The molecular weight excluding hydrogens is 236 g/mol. The summed E-state index contributed by atoms with van der Waals surface area (Å²) in [4.78, 5) is 6.77. The first-order valence-corrected chi connectivity index (χ1v) is 7.17. The SMILES string of the molecule is Cc1nccn1CCC(C)N1CCC(C)(C#N)CC1. The Hall–Kier alpha value is -1.34. The number of aryl methyl sites for hydroxylation is 2. The van der Waals surface area contributed by atoms with Gasteiger partial charge in [-0.3, -0.25) is 0 Å². The zero-order valence-corrected chi connectivity index (χ0v) is 12.3. The Morgan fingerprint density at radius 2 is 2.16 bits per heavy atom. The van der Waals surface area contributed by atoms with E-state index in [0.717, 1.165) is 44.7 Å². The van der Waals surface area contributed by atoms with Gasteiger partial charge in [-0.15, -0.1) is 0 Å². The molecule has 0 N–H and O–H groups in total. The van der Waals surface area contributed by atoms with Crippen LogP contribution in [0.3, 0.4) is 0 Å². The summed E-state index contributed by atoms with van der Waals surface area (Å²) in [5.41, 5.74) is -0.100. The molecule has 1 unspecified atom stereocenters. The molecule has 0 bridgehead atoms. The number of rotatable bonds is 4. The fourth-order valence-corrected chi connectivity index (χ4v) is 2.72. The predicted molar refractivity (Wildman–Crippen MR) is 75.6 cm³/mol. The summed E-state index contributed by atoms with van der Waals surface area (Å²) in [5.74, 6) is 1.09. The second kappa shape index (κ2) is 5.75. The fraction of sp³-hybridized carbons (Fsp3) is 0.733. The van der Waals surface area contributed by atoms with E-state index < -0.39 is 0 Å². The van der Waals surface area contributed by atoms with E-state index in [1.54, 1.807) is 0 Å². The molecule has 0 saturated carbocycles. The van der Waals surface area contributed by atoms with Gasteiger partial charge in [-0.2, -0.15) is 5.26 Å². The molecule has 1 fully saturated rings. The summed E-state index contributed by atoms with van der Waals surface area (Å²) in [6, 6.07) is 3.04. The Kier molecular flexibility index (Phi) is 4.26. The summed E-state index contributed by atoms with van der Waals surface area (Å²) in [7, 11) is 0. The van der Waals surface area contributed by atoms with Gasteiger partial charge in [0.15, 0.2) is 0 Å². The fourth-order valence-electron chi connectivity index (χ4n) is 2.72. The molecule has 0 aliphatic carbocycles. The van der Waals surface area contributed by atoms with Gasteiger partial charge in [-0.05, 0) is 53.1 Å². The Bertz CT molecular complexity index is 449. The van der Waals surface area contributed by atoms with Crippen molar-refractivity contribution in [1.82, 2.24) is 14.5 Å². The van der Waals surface area contributed by atoms with Gasteiger partial charge < -0.3 is 9.47 Å². The Labute approximate surface area is 116 Å². The molecule has 1 aliphatic rings. The molecule has 1 aliphatic heterocycles. The van der Waals surface area contributed by atoms with Crippen LogP contribution in [0.2, 0.25) is 0 Å². The summed E-state index contributed by atoms with van der Waals surface area (Å²) >= 11 is 0. The maximum atomic E-state index is 9.16. The highest BCUT2D eigenvalue weighted by atomic mass is 15.2. The molecule has 4 nitrogen and oxygen atoms in total. The molecule has 2 heterocycles. The van der Waals surface area contributed by atoms with Gasteiger partial charge in [-0.1, -0.05) is 0 Å². The van der Waals surface area contributed by atoms with Crippen molar-refractivity contribution in [2.75, 3.05) is 13.1 Å². The van der Waals surface area contributed by atoms with Crippen LogP contribution < -0.4 is 0 Å². The minimum absolute atomic E-state index is 0.100. The molecule has 4 heteroatoms. The summed E-state index contributed by atoms with van der Waals surface area (Å²) < 4.78 is 2.21. The van der Waals surface area contributed by atoms with Gasteiger partial charge >= 0.3 is 0 Å². The van der Waals surface area contributed by atoms with Crippen molar-refractivity contribution < 1.29 is 0 Å². The van der Waals surface area contributed by atoms with E-state index >= 15 is 0 Å².